The molecule has 0 spiro atoms. The molecule has 2 heterocycles. The zero-order valence-corrected chi connectivity index (χ0v) is 11.2. The lowest BCUT2D eigenvalue weighted by molar-refractivity contribution is 0.0943. The van der Waals surface area contributed by atoms with E-state index in [1.54, 1.807) is 12.3 Å². The number of aromatic nitrogens is 1. The van der Waals surface area contributed by atoms with Crippen LogP contribution in [0.4, 0.5) is 0 Å². The summed E-state index contributed by atoms with van der Waals surface area (Å²) in [6.07, 6.45) is 2.51. The third-order valence-electron chi connectivity index (χ3n) is 3.77. The monoisotopic (exact) mass is 272 g/mol. The molecule has 1 aliphatic rings. The van der Waals surface area contributed by atoms with Crippen LogP contribution in [0.15, 0.2) is 29.2 Å². The number of aliphatic hydroxyl groups is 1. The SMILES string of the molecule is CC1Cc2cccc3c(=O)c(C(=O)NCCO)cn1c23. The molecule has 0 saturated heterocycles. The number of pyridine rings is 1. The number of aliphatic hydroxyl groups excluding tert-OH is 1. The van der Waals surface area contributed by atoms with Gasteiger partial charge < -0.3 is 15.0 Å². The minimum absolute atomic E-state index is 0.136. The van der Waals surface area contributed by atoms with Crippen molar-refractivity contribution in [1.29, 1.82) is 0 Å². The van der Waals surface area contributed by atoms with Gasteiger partial charge >= 0.3 is 0 Å². The summed E-state index contributed by atoms with van der Waals surface area (Å²) in [4.78, 5) is 24.5. The summed E-state index contributed by atoms with van der Waals surface area (Å²) in [5, 5.41) is 11.9. The third kappa shape index (κ3) is 1.82. The van der Waals surface area contributed by atoms with Gasteiger partial charge in [0.15, 0.2) is 0 Å². The molecular formula is C15H16N2O3. The molecule has 3 rings (SSSR count). The van der Waals surface area contributed by atoms with Crippen molar-refractivity contribution in [2.24, 2.45) is 0 Å². The molecule has 5 nitrogen and oxygen atoms in total. The predicted octanol–water partition coefficient (Wildman–Crippen LogP) is 0.841. The fourth-order valence-corrected chi connectivity index (χ4v) is 2.84. The van der Waals surface area contributed by atoms with Gasteiger partial charge in [0.05, 0.1) is 12.1 Å². The molecule has 1 aromatic heterocycles. The van der Waals surface area contributed by atoms with Gasteiger partial charge in [0.25, 0.3) is 5.91 Å². The molecule has 2 aromatic rings. The van der Waals surface area contributed by atoms with Crippen LogP contribution in [-0.4, -0.2) is 28.7 Å². The molecule has 0 saturated carbocycles. The maximum absolute atomic E-state index is 12.4. The molecule has 1 aliphatic heterocycles. The lowest BCUT2D eigenvalue weighted by Crippen LogP contribution is -2.31. The van der Waals surface area contributed by atoms with Gasteiger partial charge in [-0.05, 0) is 25.0 Å². The number of benzene rings is 1. The van der Waals surface area contributed by atoms with Gasteiger partial charge in [-0.3, -0.25) is 9.59 Å². The van der Waals surface area contributed by atoms with Gasteiger partial charge in [-0.1, -0.05) is 12.1 Å². The highest BCUT2D eigenvalue weighted by atomic mass is 16.3. The maximum Gasteiger partial charge on any atom is 0.256 e. The minimum atomic E-state index is -0.431. The Labute approximate surface area is 115 Å². The van der Waals surface area contributed by atoms with Crippen molar-refractivity contribution < 1.29 is 9.90 Å². The lowest BCUT2D eigenvalue weighted by atomic mass is 10.1. The summed E-state index contributed by atoms with van der Waals surface area (Å²) in [6.45, 7) is 2.07. The van der Waals surface area contributed by atoms with Gasteiger partial charge in [-0.25, -0.2) is 0 Å². The normalized spacial score (nSPS) is 16.6. The lowest BCUT2D eigenvalue weighted by Gasteiger charge is -2.12. The highest BCUT2D eigenvalue weighted by Gasteiger charge is 2.24. The van der Waals surface area contributed by atoms with E-state index in [0.717, 1.165) is 17.5 Å². The smallest absolute Gasteiger partial charge is 0.256 e. The van der Waals surface area contributed by atoms with Crippen molar-refractivity contribution in [3.05, 3.63) is 45.7 Å². The number of carbonyl (C=O) groups is 1. The van der Waals surface area contributed by atoms with Crippen molar-refractivity contribution in [1.82, 2.24) is 9.88 Å². The number of nitrogens with one attached hydrogen (secondary N) is 1. The molecule has 0 aliphatic carbocycles. The Morgan fingerprint density at radius 3 is 3.05 bits per heavy atom. The van der Waals surface area contributed by atoms with E-state index < -0.39 is 5.91 Å². The standard InChI is InChI=1S/C15H16N2O3/c1-9-7-10-3-2-4-11-13(10)17(9)8-12(14(11)19)15(20)16-5-6-18/h2-4,8-9,18H,5-7H2,1H3,(H,16,20). The molecule has 5 heteroatoms. The molecule has 2 N–H and O–H groups in total. The van der Waals surface area contributed by atoms with Crippen LogP contribution in [0, 0.1) is 0 Å². The fourth-order valence-electron chi connectivity index (χ4n) is 2.84. The second-order valence-corrected chi connectivity index (χ2v) is 5.13. The average molecular weight is 272 g/mol. The quantitative estimate of drug-likeness (QED) is 0.869. The number of rotatable bonds is 3. The summed E-state index contributed by atoms with van der Waals surface area (Å²) in [7, 11) is 0. The Bertz CT molecular complexity index is 749. The number of hydrogen-bond donors (Lipinski definition) is 2. The van der Waals surface area contributed by atoms with Crippen LogP contribution >= 0.6 is 0 Å². The number of carbonyl (C=O) groups excluding carboxylic acids is 1. The first-order chi connectivity index (χ1) is 9.63. The van der Waals surface area contributed by atoms with E-state index in [1.165, 1.54) is 0 Å². The number of hydrogen-bond acceptors (Lipinski definition) is 3. The van der Waals surface area contributed by atoms with Gasteiger partial charge in [0.1, 0.15) is 5.56 Å². The van der Waals surface area contributed by atoms with E-state index in [1.807, 2.05) is 16.7 Å². The Morgan fingerprint density at radius 1 is 1.50 bits per heavy atom. The largest absolute Gasteiger partial charge is 0.395 e. The van der Waals surface area contributed by atoms with Crippen LogP contribution in [0.3, 0.4) is 0 Å². The molecule has 20 heavy (non-hydrogen) atoms. The molecule has 1 atom stereocenters. The van der Waals surface area contributed by atoms with E-state index in [0.29, 0.717) is 5.39 Å². The summed E-state index contributed by atoms with van der Waals surface area (Å²) < 4.78 is 2.00. The van der Waals surface area contributed by atoms with Crippen molar-refractivity contribution >= 4 is 16.8 Å². The maximum atomic E-state index is 12.4. The fraction of sp³-hybridized carbons (Fsp3) is 0.333. The molecule has 0 bridgehead atoms. The van der Waals surface area contributed by atoms with Gasteiger partial charge in [0, 0.05) is 24.2 Å². The summed E-state index contributed by atoms with van der Waals surface area (Å²) in [5.74, 6) is -0.431. The van der Waals surface area contributed by atoms with E-state index in [9.17, 15) is 9.59 Å². The second-order valence-electron chi connectivity index (χ2n) is 5.13. The van der Waals surface area contributed by atoms with Crippen LogP contribution in [0.25, 0.3) is 10.9 Å². The first-order valence-electron chi connectivity index (χ1n) is 6.69. The van der Waals surface area contributed by atoms with E-state index in [2.05, 4.69) is 12.2 Å². The highest BCUT2D eigenvalue weighted by molar-refractivity contribution is 5.98. The molecule has 1 aromatic carbocycles. The number of para-hydroxylation sites is 1. The van der Waals surface area contributed by atoms with Crippen LogP contribution < -0.4 is 10.7 Å². The van der Waals surface area contributed by atoms with Crippen LogP contribution in [0.5, 0.6) is 0 Å². The van der Waals surface area contributed by atoms with Crippen molar-refractivity contribution in [2.75, 3.05) is 13.2 Å². The first kappa shape index (κ1) is 12.9. The van der Waals surface area contributed by atoms with Crippen LogP contribution in [0.2, 0.25) is 0 Å². The van der Waals surface area contributed by atoms with E-state index >= 15 is 0 Å². The average Bonchev–Trinajstić information content (AvgIpc) is 2.77. The molecular weight excluding hydrogens is 256 g/mol. The van der Waals surface area contributed by atoms with Crippen LogP contribution in [0.1, 0.15) is 28.9 Å². The zero-order chi connectivity index (χ0) is 14.3. The molecule has 0 fully saturated rings. The Kier molecular flexibility index (Phi) is 3.06. The first-order valence-corrected chi connectivity index (χ1v) is 6.69. The predicted molar refractivity (Wildman–Crippen MR) is 76.0 cm³/mol. The van der Waals surface area contributed by atoms with Gasteiger partial charge in [-0.15, -0.1) is 0 Å². The highest BCUT2D eigenvalue weighted by Crippen LogP contribution is 2.30. The zero-order valence-electron chi connectivity index (χ0n) is 11.2. The van der Waals surface area contributed by atoms with Gasteiger partial charge in [0.2, 0.25) is 5.43 Å². The molecule has 104 valence electrons. The van der Waals surface area contributed by atoms with E-state index in [-0.39, 0.29) is 30.2 Å². The molecule has 1 amide bonds. The Morgan fingerprint density at radius 2 is 2.30 bits per heavy atom. The third-order valence-corrected chi connectivity index (χ3v) is 3.77. The minimum Gasteiger partial charge on any atom is -0.395 e. The molecule has 0 radical (unpaired) electrons. The summed E-state index contributed by atoms with van der Waals surface area (Å²) in [6, 6.07) is 5.88. The van der Waals surface area contributed by atoms with E-state index in [4.69, 9.17) is 5.11 Å². The number of nitrogens with zero attached hydrogens (tertiary/aromatic N) is 1. The van der Waals surface area contributed by atoms with Gasteiger partial charge in [-0.2, -0.15) is 0 Å². The number of amides is 1. The summed E-state index contributed by atoms with van der Waals surface area (Å²) in [5.41, 5.74) is 1.97. The Balaban J connectivity index is 2.21. The molecule has 1 unspecified atom stereocenters. The van der Waals surface area contributed by atoms with Crippen LogP contribution in [-0.2, 0) is 6.42 Å². The van der Waals surface area contributed by atoms with Crippen molar-refractivity contribution in [2.45, 2.75) is 19.4 Å². The summed E-state index contributed by atoms with van der Waals surface area (Å²) >= 11 is 0. The van der Waals surface area contributed by atoms with Crippen molar-refractivity contribution in [3.8, 4) is 0 Å². The second kappa shape index (κ2) is 4.76. The van der Waals surface area contributed by atoms with Crippen molar-refractivity contribution in [3.63, 3.8) is 0 Å². The Hall–Kier alpha value is -2.14. The topological polar surface area (TPSA) is 71.3 Å².